The predicted octanol–water partition coefficient (Wildman–Crippen LogP) is 0.759. The first-order valence-corrected chi connectivity index (χ1v) is 6.17. The second-order valence-corrected chi connectivity index (χ2v) is 4.46. The van der Waals surface area contributed by atoms with E-state index in [0.29, 0.717) is 9.58 Å². The Morgan fingerprint density at radius 3 is 2.33 bits per heavy atom. The molecule has 0 atom stereocenters. The largest absolute Gasteiger partial charge is 0.739 e. The molecule has 0 saturated heterocycles. The molecule has 0 aliphatic rings. The van der Waals surface area contributed by atoms with Gasteiger partial charge in [0.2, 0.25) is 5.10 Å². The van der Waals surface area contributed by atoms with Gasteiger partial charge >= 0.3 is 5.95 Å². The SMILES string of the molecule is COc1ccc(-c2ccc3c(c2)[n+]([O-])nc(N)[n+]3[O-])cc1. The Morgan fingerprint density at radius 1 is 1.00 bits per heavy atom. The van der Waals surface area contributed by atoms with E-state index in [9.17, 15) is 10.4 Å². The maximum atomic E-state index is 11.8. The molecule has 2 N–H and O–H groups in total. The molecule has 0 fully saturated rings. The molecule has 1 heterocycles. The van der Waals surface area contributed by atoms with Gasteiger partial charge < -0.3 is 15.2 Å². The molecule has 0 unspecified atom stereocenters. The average molecular weight is 284 g/mol. The molecule has 0 aliphatic heterocycles. The first-order valence-electron chi connectivity index (χ1n) is 6.17. The highest BCUT2D eigenvalue weighted by Crippen LogP contribution is 2.24. The van der Waals surface area contributed by atoms with E-state index in [0.717, 1.165) is 16.9 Å². The van der Waals surface area contributed by atoms with E-state index in [2.05, 4.69) is 5.10 Å². The van der Waals surface area contributed by atoms with Crippen molar-refractivity contribution >= 4 is 17.0 Å². The van der Waals surface area contributed by atoms with Crippen LogP contribution in [-0.4, -0.2) is 12.2 Å². The lowest BCUT2D eigenvalue weighted by molar-refractivity contribution is -0.671. The van der Waals surface area contributed by atoms with Crippen molar-refractivity contribution < 1.29 is 14.3 Å². The summed E-state index contributed by atoms with van der Waals surface area (Å²) in [5.41, 5.74) is 7.40. The third-order valence-electron chi connectivity index (χ3n) is 3.23. The summed E-state index contributed by atoms with van der Waals surface area (Å²) in [5, 5.41) is 27.0. The van der Waals surface area contributed by atoms with Crippen molar-refractivity contribution in [3.8, 4) is 16.9 Å². The van der Waals surface area contributed by atoms with Crippen LogP contribution >= 0.6 is 0 Å². The van der Waals surface area contributed by atoms with Crippen LogP contribution in [0.2, 0.25) is 0 Å². The molecular formula is C14H12N4O3. The van der Waals surface area contributed by atoms with Gasteiger partial charge in [-0.25, -0.2) is 4.73 Å². The van der Waals surface area contributed by atoms with Gasteiger partial charge in [0.05, 0.1) is 7.11 Å². The van der Waals surface area contributed by atoms with Gasteiger partial charge in [0.15, 0.2) is 5.52 Å². The predicted molar refractivity (Wildman–Crippen MR) is 76.1 cm³/mol. The molecule has 7 heteroatoms. The van der Waals surface area contributed by atoms with Crippen molar-refractivity contribution in [1.29, 1.82) is 0 Å². The number of rotatable bonds is 2. The monoisotopic (exact) mass is 284 g/mol. The van der Waals surface area contributed by atoms with Gasteiger partial charge in [0.1, 0.15) is 5.75 Å². The summed E-state index contributed by atoms with van der Waals surface area (Å²) in [4.78, 5) is 0.353. The highest BCUT2D eigenvalue weighted by atomic mass is 16.5. The summed E-state index contributed by atoms with van der Waals surface area (Å²) in [5.74, 6) is 0.361. The summed E-state index contributed by atoms with van der Waals surface area (Å²) >= 11 is 0. The topological polar surface area (TPSA) is 102 Å². The van der Waals surface area contributed by atoms with Crippen LogP contribution in [0.25, 0.3) is 22.2 Å². The summed E-state index contributed by atoms with van der Waals surface area (Å²) in [6.07, 6.45) is 0. The van der Waals surface area contributed by atoms with Crippen LogP contribution in [0.1, 0.15) is 0 Å². The number of hydrogen-bond donors (Lipinski definition) is 1. The normalized spacial score (nSPS) is 10.7. The Kier molecular flexibility index (Phi) is 2.94. The number of nitrogens with zero attached hydrogens (tertiary/aromatic N) is 3. The second kappa shape index (κ2) is 4.78. The van der Waals surface area contributed by atoms with Gasteiger partial charge in [-0.05, 0) is 29.3 Å². The minimum absolute atomic E-state index is 0.160. The molecule has 0 bridgehead atoms. The Balaban J connectivity index is 2.16. The van der Waals surface area contributed by atoms with Crippen LogP contribution in [0.15, 0.2) is 42.5 Å². The number of anilines is 1. The van der Waals surface area contributed by atoms with E-state index in [1.54, 1.807) is 25.3 Å². The van der Waals surface area contributed by atoms with E-state index in [4.69, 9.17) is 10.5 Å². The molecular weight excluding hydrogens is 272 g/mol. The molecule has 0 aliphatic carbocycles. The lowest BCUT2D eigenvalue weighted by Gasteiger charge is -2.08. The fourth-order valence-electron chi connectivity index (χ4n) is 2.12. The third kappa shape index (κ3) is 2.14. The highest BCUT2D eigenvalue weighted by Gasteiger charge is 2.17. The first-order chi connectivity index (χ1) is 10.1. The number of benzene rings is 2. The van der Waals surface area contributed by atoms with Crippen molar-refractivity contribution in [2.45, 2.75) is 0 Å². The van der Waals surface area contributed by atoms with Gasteiger partial charge in [-0.3, -0.25) is 5.73 Å². The molecule has 7 nitrogen and oxygen atoms in total. The molecule has 0 spiro atoms. The number of nitrogen functional groups attached to an aromatic ring is 1. The zero-order chi connectivity index (χ0) is 15.0. The lowest BCUT2D eigenvalue weighted by Crippen LogP contribution is -2.44. The van der Waals surface area contributed by atoms with Crippen molar-refractivity contribution in [3.63, 3.8) is 0 Å². The Labute approximate surface area is 120 Å². The molecule has 106 valence electrons. The van der Waals surface area contributed by atoms with Crippen LogP contribution in [0.3, 0.4) is 0 Å². The Hall–Kier alpha value is -3.09. The molecule has 2 aromatic carbocycles. The fraction of sp³-hybridized carbons (Fsp3) is 0.0714. The maximum absolute atomic E-state index is 11.8. The zero-order valence-electron chi connectivity index (χ0n) is 11.2. The van der Waals surface area contributed by atoms with Crippen molar-refractivity contribution in [2.24, 2.45) is 0 Å². The molecule has 3 aromatic rings. The van der Waals surface area contributed by atoms with Crippen LogP contribution in [0.4, 0.5) is 5.95 Å². The zero-order valence-corrected chi connectivity index (χ0v) is 11.2. The van der Waals surface area contributed by atoms with Crippen LogP contribution in [-0.2, 0) is 0 Å². The molecule has 21 heavy (non-hydrogen) atoms. The Bertz CT molecular complexity index is 819. The van der Waals surface area contributed by atoms with Gasteiger partial charge in [-0.15, -0.1) is 0 Å². The van der Waals surface area contributed by atoms with E-state index in [1.165, 1.54) is 0 Å². The summed E-state index contributed by atoms with van der Waals surface area (Å²) in [6, 6.07) is 12.3. The minimum atomic E-state index is -0.380. The van der Waals surface area contributed by atoms with Crippen molar-refractivity contribution in [2.75, 3.05) is 12.8 Å². The number of methoxy groups -OCH3 is 1. The smallest absolute Gasteiger partial charge is 0.458 e. The average Bonchev–Trinajstić information content (AvgIpc) is 2.52. The van der Waals surface area contributed by atoms with Crippen LogP contribution in [0, 0.1) is 10.4 Å². The summed E-state index contributed by atoms with van der Waals surface area (Å²) in [6.45, 7) is 0. The quantitative estimate of drug-likeness (QED) is 0.553. The number of fused-ring (bicyclic) bond motifs is 1. The number of aromatic nitrogens is 3. The minimum Gasteiger partial charge on any atom is -0.739 e. The molecule has 3 rings (SSSR count). The van der Waals surface area contributed by atoms with Crippen molar-refractivity contribution in [1.82, 2.24) is 5.10 Å². The van der Waals surface area contributed by atoms with Crippen LogP contribution < -0.4 is 20.0 Å². The fourth-order valence-corrected chi connectivity index (χ4v) is 2.12. The molecule has 1 aromatic heterocycles. The number of ether oxygens (including phenoxy) is 1. The molecule has 0 saturated carbocycles. The lowest BCUT2D eigenvalue weighted by atomic mass is 10.0. The third-order valence-corrected chi connectivity index (χ3v) is 3.23. The standard InChI is InChI=1S/C14H12N4O3/c1-21-11-5-2-9(3-6-11)10-4-7-12-13(8-10)18(20)16-14(15)17(12)19/h2-8H,1H3,(H2,15,16). The first kappa shape index (κ1) is 12.9. The van der Waals surface area contributed by atoms with E-state index >= 15 is 0 Å². The highest BCUT2D eigenvalue weighted by molar-refractivity contribution is 5.77. The number of nitrogens with two attached hydrogens (primary N) is 1. The molecule has 0 amide bonds. The van der Waals surface area contributed by atoms with Gasteiger partial charge in [0.25, 0.3) is 5.52 Å². The van der Waals surface area contributed by atoms with Gasteiger partial charge in [-0.1, -0.05) is 18.2 Å². The van der Waals surface area contributed by atoms with Gasteiger partial charge in [-0.2, -0.15) is 0 Å². The van der Waals surface area contributed by atoms with E-state index < -0.39 is 0 Å². The maximum Gasteiger partial charge on any atom is 0.458 e. The van der Waals surface area contributed by atoms with Crippen molar-refractivity contribution in [3.05, 3.63) is 52.9 Å². The van der Waals surface area contributed by atoms with E-state index in [1.807, 2.05) is 24.3 Å². The van der Waals surface area contributed by atoms with Gasteiger partial charge in [0, 0.05) is 10.9 Å². The van der Waals surface area contributed by atoms with E-state index in [-0.39, 0.29) is 17.0 Å². The molecule has 0 radical (unpaired) electrons. The second-order valence-electron chi connectivity index (χ2n) is 4.46. The summed E-state index contributed by atoms with van der Waals surface area (Å²) < 4.78 is 5.53. The Morgan fingerprint density at radius 2 is 1.67 bits per heavy atom. The summed E-state index contributed by atoms with van der Waals surface area (Å²) in [7, 11) is 1.59. The number of hydrogen-bond acceptors (Lipinski definition) is 5. The van der Waals surface area contributed by atoms with Crippen LogP contribution in [0.5, 0.6) is 5.75 Å².